The molecule has 0 bridgehead atoms. The monoisotopic (exact) mass is 424 g/mol. The Hall–Kier alpha value is -1.41. The Morgan fingerprint density at radius 2 is 1.72 bits per heavy atom. The third kappa shape index (κ3) is 4.41. The van der Waals surface area contributed by atoms with Gasteiger partial charge in [0.15, 0.2) is 0 Å². The molecule has 0 heterocycles. The fraction of sp³-hybridized carbons (Fsp3) is 0.333. The molecule has 3 N–H and O–H groups in total. The van der Waals surface area contributed by atoms with E-state index in [0.29, 0.717) is 18.9 Å². The first-order valence-electron chi connectivity index (χ1n) is 8.16. The van der Waals surface area contributed by atoms with E-state index in [1.54, 1.807) is 12.1 Å². The SMILES string of the molecule is NS(=O)(=O)c1ccc(OCCNC2(c3ccc(Br)cc3)CCC2)cc1. The summed E-state index contributed by atoms with van der Waals surface area (Å²) in [6, 6.07) is 14.6. The minimum atomic E-state index is -3.66. The van der Waals surface area contributed by atoms with Crippen molar-refractivity contribution in [2.24, 2.45) is 5.14 Å². The lowest BCUT2D eigenvalue weighted by Crippen LogP contribution is -2.49. The molecule has 134 valence electrons. The highest BCUT2D eigenvalue weighted by Gasteiger charge is 2.37. The summed E-state index contributed by atoms with van der Waals surface area (Å²) in [5.74, 6) is 0.625. The molecule has 1 saturated carbocycles. The van der Waals surface area contributed by atoms with E-state index >= 15 is 0 Å². The van der Waals surface area contributed by atoms with Crippen molar-refractivity contribution < 1.29 is 13.2 Å². The van der Waals surface area contributed by atoms with Crippen LogP contribution >= 0.6 is 15.9 Å². The zero-order valence-corrected chi connectivity index (χ0v) is 16.1. The van der Waals surface area contributed by atoms with Gasteiger partial charge in [0, 0.05) is 16.6 Å². The number of nitrogens with one attached hydrogen (secondary N) is 1. The molecule has 1 aliphatic carbocycles. The molecule has 2 aromatic carbocycles. The van der Waals surface area contributed by atoms with Gasteiger partial charge in [-0.1, -0.05) is 28.1 Å². The number of benzene rings is 2. The van der Waals surface area contributed by atoms with Crippen LogP contribution in [0.5, 0.6) is 5.75 Å². The van der Waals surface area contributed by atoms with Crippen LogP contribution in [0, 0.1) is 0 Å². The first-order valence-corrected chi connectivity index (χ1v) is 10.5. The van der Waals surface area contributed by atoms with Crippen LogP contribution < -0.4 is 15.2 Å². The second-order valence-corrected chi connectivity index (χ2v) is 8.71. The highest BCUT2D eigenvalue weighted by atomic mass is 79.9. The minimum absolute atomic E-state index is 0.0432. The number of nitrogens with two attached hydrogens (primary N) is 1. The van der Waals surface area contributed by atoms with E-state index in [9.17, 15) is 8.42 Å². The van der Waals surface area contributed by atoms with E-state index in [-0.39, 0.29) is 10.4 Å². The maximum Gasteiger partial charge on any atom is 0.238 e. The molecule has 0 unspecified atom stereocenters. The third-order valence-electron chi connectivity index (χ3n) is 4.59. The van der Waals surface area contributed by atoms with Crippen LogP contribution in [0.1, 0.15) is 24.8 Å². The average Bonchev–Trinajstić information content (AvgIpc) is 2.54. The van der Waals surface area contributed by atoms with Crippen LogP contribution in [-0.4, -0.2) is 21.6 Å². The molecule has 0 spiro atoms. The number of ether oxygens (including phenoxy) is 1. The van der Waals surface area contributed by atoms with Gasteiger partial charge in [0.05, 0.1) is 4.90 Å². The molecule has 5 nitrogen and oxygen atoms in total. The van der Waals surface area contributed by atoms with Crippen LogP contribution in [-0.2, 0) is 15.6 Å². The molecule has 0 amide bonds. The molecular formula is C18H21BrN2O3S. The number of primary sulfonamides is 1. The van der Waals surface area contributed by atoms with Crippen molar-refractivity contribution in [2.75, 3.05) is 13.2 Å². The first-order chi connectivity index (χ1) is 11.9. The maximum absolute atomic E-state index is 11.2. The van der Waals surface area contributed by atoms with Crippen molar-refractivity contribution in [2.45, 2.75) is 29.7 Å². The maximum atomic E-state index is 11.2. The van der Waals surface area contributed by atoms with E-state index in [1.807, 2.05) is 0 Å². The smallest absolute Gasteiger partial charge is 0.238 e. The number of halogens is 1. The number of rotatable bonds is 7. The minimum Gasteiger partial charge on any atom is -0.492 e. The van der Waals surface area contributed by atoms with Gasteiger partial charge < -0.3 is 10.1 Å². The molecule has 0 atom stereocenters. The van der Waals surface area contributed by atoms with Gasteiger partial charge in [-0.25, -0.2) is 13.6 Å². The normalized spacial score (nSPS) is 16.2. The molecule has 0 saturated heterocycles. The van der Waals surface area contributed by atoms with E-state index in [4.69, 9.17) is 9.88 Å². The Balaban J connectivity index is 1.53. The summed E-state index contributed by atoms with van der Waals surface area (Å²) in [6.07, 6.45) is 3.47. The lowest BCUT2D eigenvalue weighted by molar-refractivity contribution is 0.171. The molecule has 0 aromatic heterocycles. The summed E-state index contributed by atoms with van der Waals surface area (Å²) in [5.41, 5.74) is 1.35. The highest BCUT2D eigenvalue weighted by Crippen LogP contribution is 2.41. The Labute approximate surface area is 156 Å². The Kier molecular flexibility index (Phi) is 5.48. The zero-order chi connectivity index (χ0) is 17.9. The molecule has 1 fully saturated rings. The largest absolute Gasteiger partial charge is 0.492 e. The number of hydrogen-bond acceptors (Lipinski definition) is 4. The molecule has 3 rings (SSSR count). The summed E-state index contributed by atoms with van der Waals surface area (Å²) in [6.45, 7) is 1.22. The molecule has 7 heteroatoms. The van der Waals surface area contributed by atoms with Gasteiger partial charge in [0.25, 0.3) is 0 Å². The average molecular weight is 425 g/mol. The van der Waals surface area contributed by atoms with Gasteiger partial charge >= 0.3 is 0 Å². The molecule has 25 heavy (non-hydrogen) atoms. The van der Waals surface area contributed by atoms with Crippen molar-refractivity contribution in [1.29, 1.82) is 0 Å². The van der Waals surface area contributed by atoms with Crippen LogP contribution in [0.15, 0.2) is 57.9 Å². The molecule has 0 aliphatic heterocycles. The first kappa shape index (κ1) is 18.4. The van der Waals surface area contributed by atoms with Crippen molar-refractivity contribution in [1.82, 2.24) is 5.32 Å². The van der Waals surface area contributed by atoms with E-state index in [2.05, 4.69) is 45.5 Å². The van der Waals surface area contributed by atoms with Crippen LogP contribution in [0.2, 0.25) is 0 Å². The predicted molar refractivity (Wildman–Crippen MR) is 101 cm³/mol. The van der Waals surface area contributed by atoms with E-state index in [0.717, 1.165) is 17.3 Å². The van der Waals surface area contributed by atoms with Crippen molar-refractivity contribution in [3.05, 3.63) is 58.6 Å². The predicted octanol–water partition coefficient (Wildman–Crippen LogP) is 3.14. The van der Waals surface area contributed by atoms with Crippen LogP contribution in [0.4, 0.5) is 0 Å². The number of hydrogen-bond donors (Lipinski definition) is 2. The lowest BCUT2D eigenvalue weighted by Gasteiger charge is -2.43. The van der Waals surface area contributed by atoms with Gasteiger partial charge in [-0.15, -0.1) is 0 Å². The second-order valence-electron chi connectivity index (χ2n) is 6.23. The summed E-state index contributed by atoms with van der Waals surface area (Å²) in [4.78, 5) is 0.0848. The molecular weight excluding hydrogens is 404 g/mol. The van der Waals surface area contributed by atoms with Crippen molar-refractivity contribution >= 4 is 26.0 Å². The van der Waals surface area contributed by atoms with Gasteiger partial charge in [-0.05, 0) is 61.2 Å². The van der Waals surface area contributed by atoms with Gasteiger partial charge in [0.1, 0.15) is 12.4 Å². The summed E-state index contributed by atoms with van der Waals surface area (Å²) >= 11 is 3.47. The summed E-state index contributed by atoms with van der Waals surface area (Å²) in [7, 11) is -3.66. The van der Waals surface area contributed by atoms with Gasteiger partial charge in [0.2, 0.25) is 10.0 Å². The quantitative estimate of drug-likeness (QED) is 0.668. The van der Waals surface area contributed by atoms with E-state index < -0.39 is 10.0 Å². The van der Waals surface area contributed by atoms with Crippen molar-refractivity contribution in [3.8, 4) is 5.75 Å². The Morgan fingerprint density at radius 3 is 2.24 bits per heavy atom. The fourth-order valence-corrected chi connectivity index (χ4v) is 3.83. The molecule has 2 aromatic rings. The number of sulfonamides is 1. The molecule has 1 aliphatic rings. The third-order valence-corrected chi connectivity index (χ3v) is 6.05. The van der Waals surface area contributed by atoms with Crippen molar-refractivity contribution in [3.63, 3.8) is 0 Å². The Bertz CT molecular complexity index is 816. The van der Waals surface area contributed by atoms with Crippen LogP contribution in [0.25, 0.3) is 0 Å². The zero-order valence-electron chi connectivity index (χ0n) is 13.7. The van der Waals surface area contributed by atoms with E-state index in [1.165, 1.54) is 24.1 Å². The Morgan fingerprint density at radius 1 is 1.08 bits per heavy atom. The van der Waals surface area contributed by atoms with Gasteiger partial charge in [-0.2, -0.15) is 0 Å². The van der Waals surface area contributed by atoms with Gasteiger partial charge in [-0.3, -0.25) is 0 Å². The fourth-order valence-electron chi connectivity index (χ4n) is 3.05. The summed E-state index contributed by atoms with van der Waals surface area (Å²) < 4.78 is 29.2. The van der Waals surface area contributed by atoms with Crippen LogP contribution in [0.3, 0.4) is 0 Å². The molecule has 0 radical (unpaired) electrons. The summed E-state index contributed by atoms with van der Waals surface area (Å²) in [5, 5.41) is 8.70. The standard InChI is InChI=1S/C18H21BrN2O3S/c19-15-4-2-14(3-5-15)18(10-1-11-18)21-12-13-24-16-6-8-17(9-7-16)25(20,22)23/h2-9,21H,1,10-13H2,(H2,20,22,23). The lowest BCUT2D eigenvalue weighted by atomic mass is 9.72. The highest BCUT2D eigenvalue weighted by molar-refractivity contribution is 9.10. The topological polar surface area (TPSA) is 81.4 Å². The second kappa shape index (κ2) is 7.45.